The van der Waals surface area contributed by atoms with E-state index in [2.05, 4.69) is 13.8 Å². The molecule has 2 rings (SSSR count). The SMILES string of the molecule is CCCCOC(=O)N(CN(C(=O)OCCCC)C1CCCCC1)C1CCCCC1. The number of amides is 2. The first-order valence-corrected chi connectivity index (χ1v) is 12.0. The van der Waals surface area contributed by atoms with Crippen molar-refractivity contribution in [3.8, 4) is 0 Å². The van der Waals surface area contributed by atoms with Crippen LogP contribution in [0.1, 0.15) is 104 Å². The molecular formula is C23H42N2O4. The van der Waals surface area contributed by atoms with Gasteiger partial charge in [0.05, 0.1) is 13.2 Å². The second-order valence-corrected chi connectivity index (χ2v) is 8.60. The first kappa shape index (κ1) is 23.8. The average molecular weight is 411 g/mol. The summed E-state index contributed by atoms with van der Waals surface area (Å²) in [6.07, 6.45) is 14.1. The molecule has 0 bridgehead atoms. The van der Waals surface area contributed by atoms with Gasteiger partial charge in [0.1, 0.15) is 6.67 Å². The highest BCUT2D eigenvalue weighted by Gasteiger charge is 2.34. The third kappa shape index (κ3) is 8.06. The fraction of sp³-hybridized carbons (Fsp3) is 0.913. The van der Waals surface area contributed by atoms with Crippen molar-refractivity contribution < 1.29 is 19.1 Å². The molecule has 0 saturated heterocycles. The molecule has 0 spiro atoms. The molecule has 0 unspecified atom stereocenters. The maximum atomic E-state index is 12.9. The topological polar surface area (TPSA) is 59.1 Å². The maximum Gasteiger partial charge on any atom is 0.411 e. The van der Waals surface area contributed by atoms with Crippen LogP contribution in [0.15, 0.2) is 0 Å². The number of carbonyl (C=O) groups excluding carboxylic acids is 2. The Morgan fingerprint density at radius 1 is 0.690 bits per heavy atom. The van der Waals surface area contributed by atoms with Crippen molar-refractivity contribution in [2.45, 2.75) is 116 Å². The van der Waals surface area contributed by atoms with Gasteiger partial charge in [-0.25, -0.2) is 9.59 Å². The summed E-state index contributed by atoms with van der Waals surface area (Å²) in [6.45, 7) is 5.37. The summed E-state index contributed by atoms with van der Waals surface area (Å²) in [6, 6.07) is 0.319. The fourth-order valence-corrected chi connectivity index (χ4v) is 4.37. The molecule has 6 heteroatoms. The second kappa shape index (κ2) is 13.7. The summed E-state index contributed by atoms with van der Waals surface area (Å²) >= 11 is 0. The molecule has 2 fully saturated rings. The number of unbranched alkanes of at least 4 members (excludes halogenated alkanes) is 2. The van der Waals surface area contributed by atoms with Crippen LogP contribution in [0.4, 0.5) is 9.59 Å². The monoisotopic (exact) mass is 410 g/mol. The molecule has 0 heterocycles. The van der Waals surface area contributed by atoms with Crippen molar-refractivity contribution >= 4 is 12.2 Å². The normalized spacial score (nSPS) is 18.3. The van der Waals surface area contributed by atoms with Crippen molar-refractivity contribution in [1.29, 1.82) is 0 Å². The van der Waals surface area contributed by atoms with Gasteiger partial charge in [-0.05, 0) is 38.5 Å². The van der Waals surface area contributed by atoms with Gasteiger partial charge in [0.2, 0.25) is 0 Å². The zero-order valence-electron chi connectivity index (χ0n) is 18.7. The molecule has 0 aromatic heterocycles. The Morgan fingerprint density at radius 2 is 1.07 bits per heavy atom. The number of nitrogens with zero attached hydrogens (tertiary/aromatic N) is 2. The molecular weight excluding hydrogens is 368 g/mol. The van der Waals surface area contributed by atoms with Gasteiger partial charge < -0.3 is 9.47 Å². The van der Waals surface area contributed by atoms with Gasteiger partial charge in [0.25, 0.3) is 0 Å². The first-order chi connectivity index (χ1) is 14.2. The van der Waals surface area contributed by atoms with Gasteiger partial charge in [-0.1, -0.05) is 65.2 Å². The lowest BCUT2D eigenvalue weighted by Crippen LogP contribution is -2.53. The molecule has 0 aromatic rings. The third-order valence-corrected chi connectivity index (χ3v) is 6.25. The Balaban J connectivity index is 2.10. The van der Waals surface area contributed by atoms with Crippen LogP contribution in [-0.4, -0.2) is 54.0 Å². The van der Waals surface area contributed by atoms with E-state index in [1.165, 1.54) is 12.8 Å². The van der Waals surface area contributed by atoms with Crippen molar-refractivity contribution in [2.24, 2.45) is 0 Å². The molecule has 2 aliphatic carbocycles. The maximum absolute atomic E-state index is 12.9. The molecule has 0 N–H and O–H groups in total. The summed E-state index contributed by atoms with van der Waals surface area (Å²) in [5.41, 5.74) is 0. The number of ether oxygens (including phenoxy) is 2. The number of carbonyl (C=O) groups is 2. The average Bonchev–Trinajstić information content (AvgIpc) is 2.76. The van der Waals surface area contributed by atoms with Gasteiger partial charge in [-0.15, -0.1) is 0 Å². The van der Waals surface area contributed by atoms with Gasteiger partial charge in [0, 0.05) is 12.1 Å². The van der Waals surface area contributed by atoms with E-state index in [1.807, 2.05) is 9.80 Å². The predicted octanol–water partition coefficient (Wildman–Crippen LogP) is 6.09. The molecule has 2 amide bonds. The summed E-state index contributed by atoms with van der Waals surface area (Å²) in [7, 11) is 0. The van der Waals surface area contributed by atoms with E-state index in [4.69, 9.17) is 9.47 Å². The lowest BCUT2D eigenvalue weighted by Gasteiger charge is -2.40. The zero-order chi connectivity index (χ0) is 20.9. The fourth-order valence-electron chi connectivity index (χ4n) is 4.37. The van der Waals surface area contributed by atoms with Crippen molar-refractivity contribution in [3.05, 3.63) is 0 Å². The number of rotatable bonds is 10. The van der Waals surface area contributed by atoms with Crippen molar-refractivity contribution in [1.82, 2.24) is 9.80 Å². The smallest absolute Gasteiger partial charge is 0.411 e. The van der Waals surface area contributed by atoms with Crippen LogP contribution >= 0.6 is 0 Å². The number of hydrogen-bond donors (Lipinski definition) is 0. The van der Waals surface area contributed by atoms with E-state index >= 15 is 0 Å². The highest BCUT2D eigenvalue weighted by molar-refractivity contribution is 5.71. The van der Waals surface area contributed by atoms with E-state index in [0.717, 1.165) is 77.0 Å². The highest BCUT2D eigenvalue weighted by atomic mass is 16.6. The van der Waals surface area contributed by atoms with Gasteiger partial charge >= 0.3 is 12.2 Å². The minimum atomic E-state index is -0.271. The van der Waals surface area contributed by atoms with Gasteiger partial charge in [-0.2, -0.15) is 0 Å². The Labute approximate surface area is 177 Å². The van der Waals surface area contributed by atoms with Crippen molar-refractivity contribution in [3.63, 3.8) is 0 Å². The van der Waals surface area contributed by atoms with Crippen LogP contribution < -0.4 is 0 Å². The molecule has 29 heavy (non-hydrogen) atoms. The Hall–Kier alpha value is -1.46. The molecule has 0 radical (unpaired) electrons. The van der Waals surface area contributed by atoms with Crippen molar-refractivity contribution in [2.75, 3.05) is 19.9 Å². The lowest BCUT2D eigenvalue weighted by atomic mass is 9.93. The zero-order valence-corrected chi connectivity index (χ0v) is 18.7. The molecule has 168 valence electrons. The quantitative estimate of drug-likeness (QED) is 0.323. The van der Waals surface area contributed by atoms with Crippen LogP contribution in [0.3, 0.4) is 0 Å². The number of hydrogen-bond acceptors (Lipinski definition) is 4. The third-order valence-electron chi connectivity index (χ3n) is 6.25. The van der Waals surface area contributed by atoms with E-state index < -0.39 is 0 Å². The standard InChI is InChI=1S/C23H42N2O4/c1-3-5-17-28-22(26)24(20-13-9-7-10-14-20)19-25(21-15-11-8-12-16-21)23(27)29-18-6-4-2/h20-21H,3-19H2,1-2H3. The first-order valence-electron chi connectivity index (χ1n) is 12.0. The minimum Gasteiger partial charge on any atom is -0.449 e. The summed E-state index contributed by atoms with van der Waals surface area (Å²) in [5, 5.41) is 0. The summed E-state index contributed by atoms with van der Waals surface area (Å²) < 4.78 is 11.1. The Kier molecular flexibility index (Phi) is 11.3. The van der Waals surface area contributed by atoms with E-state index in [0.29, 0.717) is 19.9 Å². The largest absolute Gasteiger partial charge is 0.449 e. The van der Waals surface area contributed by atoms with Crippen LogP contribution in [-0.2, 0) is 9.47 Å². The van der Waals surface area contributed by atoms with E-state index in [-0.39, 0.29) is 24.3 Å². The Bertz CT molecular complexity index is 431. The summed E-state index contributed by atoms with van der Waals surface area (Å²) in [4.78, 5) is 29.5. The van der Waals surface area contributed by atoms with Crippen LogP contribution in [0, 0.1) is 0 Å². The van der Waals surface area contributed by atoms with Gasteiger partial charge in [0.15, 0.2) is 0 Å². The highest BCUT2D eigenvalue weighted by Crippen LogP contribution is 2.27. The molecule has 6 nitrogen and oxygen atoms in total. The van der Waals surface area contributed by atoms with Crippen LogP contribution in [0.2, 0.25) is 0 Å². The molecule has 2 aliphatic rings. The predicted molar refractivity (Wildman–Crippen MR) is 115 cm³/mol. The van der Waals surface area contributed by atoms with Gasteiger partial charge in [-0.3, -0.25) is 9.80 Å². The van der Waals surface area contributed by atoms with E-state index in [1.54, 1.807) is 0 Å². The van der Waals surface area contributed by atoms with E-state index in [9.17, 15) is 9.59 Å². The van der Waals surface area contributed by atoms with Crippen LogP contribution in [0.25, 0.3) is 0 Å². The molecule has 0 aromatic carbocycles. The molecule has 2 saturated carbocycles. The second-order valence-electron chi connectivity index (χ2n) is 8.60. The lowest BCUT2D eigenvalue weighted by molar-refractivity contribution is 0.0179. The molecule has 0 aliphatic heterocycles. The van der Waals surface area contributed by atoms with Crippen LogP contribution in [0.5, 0.6) is 0 Å². The molecule has 0 atom stereocenters. The minimum absolute atomic E-state index is 0.160. The Morgan fingerprint density at radius 3 is 1.41 bits per heavy atom. The summed E-state index contributed by atoms with van der Waals surface area (Å²) in [5.74, 6) is 0.